The number of H-pyrrole nitrogens is 1. The molecule has 8 nitrogen and oxygen atoms in total. The molecule has 11 heteroatoms. The summed E-state index contributed by atoms with van der Waals surface area (Å²) in [5.41, 5.74) is 1.38. The number of nitrogens with zero attached hydrogens (tertiary/aromatic N) is 1. The first-order chi connectivity index (χ1) is 16.3. The number of carbonyl (C=O) groups excluding carboxylic acids is 1. The number of alkyl halides is 3. The van der Waals surface area contributed by atoms with Gasteiger partial charge in [-0.25, -0.2) is 9.78 Å². The molecule has 0 unspecified atom stereocenters. The number of nitrogens with one attached hydrogen (secondary N) is 4. The van der Waals surface area contributed by atoms with Crippen molar-refractivity contribution in [2.24, 2.45) is 5.92 Å². The molecule has 1 aromatic heterocycles. The van der Waals surface area contributed by atoms with Gasteiger partial charge in [-0.15, -0.1) is 13.2 Å². The van der Waals surface area contributed by atoms with Gasteiger partial charge >= 0.3 is 12.4 Å². The van der Waals surface area contributed by atoms with Gasteiger partial charge in [0.2, 0.25) is 5.95 Å². The van der Waals surface area contributed by atoms with Crippen molar-refractivity contribution < 1.29 is 22.7 Å². The maximum absolute atomic E-state index is 12.5. The van der Waals surface area contributed by atoms with Crippen molar-refractivity contribution in [3.05, 3.63) is 70.6 Å². The zero-order chi connectivity index (χ0) is 24.1. The minimum atomic E-state index is -4.91. The molecule has 2 amide bonds. The number of benzene rings is 2. The third-order valence-corrected chi connectivity index (χ3v) is 5.12. The predicted octanol–water partition coefficient (Wildman–Crippen LogP) is 4.48. The van der Waals surface area contributed by atoms with Gasteiger partial charge in [-0.1, -0.05) is 36.4 Å². The van der Waals surface area contributed by atoms with Gasteiger partial charge in [0.05, 0.1) is 11.3 Å². The molecule has 4 N–H and O–H groups in total. The molecule has 0 saturated heterocycles. The number of carbonyl (C=O) groups is 1. The Morgan fingerprint density at radius 3 is 2.50 bits per heavy atom. The van der Waals surface area contributed by atoms with Crippen molar-refractivity contribution in [3.63, 3.8) is 0 Å². The number of hydrogen-bond donors (Lipinski definition) is 4. The summed E-state index contributed by atoms with van der Waals surface area (Å²) >= 11 is 0. The molecule has 0 spiro atoms. The highest BCUT2D eigenvalue weighted by molar-refractivity contribution is 5.99. The first-order valence-corrected chi connectivity index (χ1v) is 10.6. The van der Waals surface area contributed by atoms with Crippen LogP contribution in [-0.4, -0.2) is 28.9 Å². The fourth-order valence-electron chi connectivity index (χ4n) is 3.25. The first-order valence-electron chi connectivity index (χ1n) is 10.6. The van der Waals surface area contributed by atoms with E-state index in [0.717, 1.165) is 30.6 Å². The number of para-hydroxylation sites is 2. The van der Waals surface area contributed by atoms with Crippen molar-refractivity contribution in [2.75, 3.05) is 17.2 Å². The summed E-state index contributed by atoms with van der Waals surface area (Å²) in [6, 6.07) is 11.6. The summed E-state index contributed by atoms with van der Waals surface area (Å²) in [7, 11) is 0. The molecule has 178 valence electrons. The van der Waals surface area contributed by atoms with Gasteiger partial charge in [-0.2, -0.15) is 0 Å². The number of aromatic amines is 1. The van der Waals surface area contributed by atoms with E-state index >= 15 is 0 Å². The van der Waals surface area contributed by atoms with E-state index in [9.17, 15) is 22.8 Å². The van der Waals surface area contributed by atoms with Crippen LogP contribution < -0.4 is 26.2 Å². The lowest BCUT2D eigenvalue weighted by Gasteiger charge is -2.14. The van der Waals surface area contributed by atoms with Gasteiger partial charge in [0.15, 0.2) is 5.75 Å². The lowest BCUT2D eigenvalue weighted by Crippen LogP contribution is -2.24. The monoisotopic (exact) mass is 473 g/mol. The van der Waals surface area contributed by atoms with E-state index in [1.54, 1.807) is 0 Å². The van der Waals surface area contributed by atoms with Crippen LogP contribution in [0, 0.1) is 5.92 Å². The highest BCUT2D eigenvalue weighted by atomic mass is 19.4. The molecule has 0 radical (unpaired) electrons. The molecule has 1 aliphatic carbocycles. The topological polar surface area (TPSA) is 108 Å². The minimum Gasteiger partial charge on any atom is -0.404 e. The summed E-state index contributed by atoms with van der Waals surface area (Å²) in [6.45, 7) is 1.76. The standard InChI is InChI=1S/C23H22F3N5O3/c24-23(25,26)34-19-4-2-1-3-18(19)29-22(33)31-21-28-13-17(20(32)30-21)16-9-7-15(8-10-16)12-27-11-14-5-6-14/h1-4,7-10,13-14,27H,5-6,11-12H2,(H3,28,29,30,31,32,33). The highest BCUT2D eigenvalue weighted by Gasteiger charge is 2.32. The van der Waals surface area contributed by atoms with Crippen LogP contribution in [0.4, 0.5) is 29.6 Å². The number of halogens is 3. The van der Waals surface area contributed by atoms with E-state index in [-0.39, 0.29) is 11.6 Å². The van der Waals surface area contributed by atoms with Crippen molar-refractivity contribution >= 4 is 17.7 Å². The zero-order valence-electron chi connectivity index (χ0n) is 17.9. The number of urea groups is 1. The Bertz CT molecular complexity index is 1210. The summed E-state index contributed by atoms with van der Waals surface area (Å²) in [6.07, 6.45) is -1.03. The maximum Gasteiger partial charge on any atom is 0.573 e. The van der Waals surface area contributed by atoms with Gasteiger partial charge in [0, 0.05) is 12.7 Å². The normalized spacial score (nSPS) is 13.4. The Labute approximate surface area is 192 Å². The average molecular weight is 473 g/mol. The number of aromatic nitrogens is 2. The molecule has 1 aliphatic rings. The van der Waals surface area contributed by atoms with Crippen LogP contribution >= 0.6 is 0 Å². The lowest BCUT2D eigenvalue weighted by atomic mass is 10.1. The smallest absolute Gasteiger partial charge is 0.404 e. The van der Waals surface area contributed by atoms with E-state index in [1.165, 1.54) is 37.2 Å². The fourth-order valence-corrected chi connectivity index (χ4v) is 3.25. The van der Waals surface area contributed by atoms with Gasteiger partial charge < -0.3 is 15.4 Å². The predicted molar refractivity (Wildman–Crippen MR) is 120 cm³/mol. The van der Waals surface area contributed by atoms with E-state index in [4.69, 9.17) is 0 Å². The van der Waals surface area contributed by atoms with Gasteiger partial charge in [0.25, 0.3) is 5.56 Å². The molecule has 1 fully saturated rings. The van der Waals surface area contributed by atoms with Gasteiger partial charge in [-0.05, 0) is 48.6 Å². The SMILES string of the molecule is O=C(Nc1ncc(-c2ccc(CNCC3CC3)cc2)c(=O)[nH]1)Nc1ccccc1OC(F)(F)F. The molecule has 34 heavy (non-hydrogen) atoms. The van der Waals surface area contributed by atoms with E-state index in [2.05, 4.69) is 30.7 Å². The Balaban J connectivity index is 1.38. The van der Waals surface area contributed by atoms with Crippen molar-refractivity contribution in [1.29, 1.82) is 0 Å². The van der Waals surface area contributed by atoms with E-state index in [1.807, 2.05) is 24.3 Å². The third-order valence-electron chi connectivity index (χ3n) is 5.12. The van der Waals surface area contributed by atoms with Crippen LogP contribution in [0.2, 0.25) is 0 Å². The second kappa shape index (κ2) is 9.96. The zero-order valence-corrected chi connectivity index (χ0v) is 17.9. The second-order valence-electron chi connectivity index (χ2n) is 7.87. The molecule has 4 rings (SSSR count). The molecule has 0 aliphatic heterocycles. The number of rotatable bonds is 8. The van der Waals surface area contributed by atoms with E-state index in [0.29, 0.717) is 11.1 Å². The first kappa shape index (κ1) is 23.3. The number of amides is 2. The summed E-state index contributed by atoms with van der Waals surface area (Å²) < 4.78 is 41.5. The Hall–Kier alpha value is -3.86. The lowest BCUT2D eigenvalue weighted by molar-refractivity contribution is -0.274. The summed E-state index contributed by atoms with van der Waals surface area (Å²) in [5.74, 6) is 0.0515. The Morgan fingerprint density at radius 2 is 1.82 bits per heavy atom. The van der Waals surface area contributed by atoms with Crippen LogP contribution in [0.5, 0.6) is 5.75 Å². The van der Waals surface area contributed by atoms with Crippen molar-refractivity contribution in [1.82, 2.24) is 15.3 Å². The molecule has 3 aromatic rings. The van der Waals surface area contributed by atoms with Crippen LogP contribution in [-0.2, 0) is 6.54 Å². The Morgan fingerprint density at radius 1 is 1.09 bits per heavy atom. The second-order valence-corrected chi connectivity index (χ2v) is 7.87. The minimum absolute atomic E-state index is 0.165. The third kappa shape index (κ3) is 6.58. The number of hydrogen-bond acceptors (Lipinski definition) is 5. The molecule has 1 heterocycles. The van der Waals surface area contributed by atoms with E-state index < -0.39 is 23.7 Å². The Kier molecular flexibility index (Phi) is 6.82. The largest absolute Gasteiger partial charge is 0.573 e. The quantitative estimate of drug-likeness (QED) is 0.386. The number of anilines is 2. The molecular formula is C23H22F3N5O3. The average Bonchev–Trinajstić information content (AvgIpc) is 3.59. The molecule has 0 atom stereocenters. The van der Waals surface area contributed by atoms with Gasteiger partial charge in [-0.3, -0.25) is 15.1 Å². The summed E-state index contributed by atoms with van der Waals surface area (Å²) in [5, 5.41) is 7.92. The van der Waals surface area contributed by atoms with Gasteiger partial charge in [0.1, 0.15) is 0 Å². The fraction of sp³-hybridized carbons (Fsp3) is 0.261. The summed E-state index contributed by atoms with van der Waals surface area (Å²) in [4.78, 5) is 31.2. The van der Waals surface area contributed by atoms with Crippen LogP contribution in [0.1, 0.15) is 18.4 Å². The molecular weight excluding hydrogens is 451 g/mol. The maximum atomic E-state index is 12.5. The van der Waals surface area contributed by atoms with Crippen molar-refractivity contribution in [3.8, 4) is 16.9 Å². The van der Waals surface area contributed by atoms with Crippen molar-refractivity contribution in [2.45, 2.75) is 25.7 Å². The molecule has 1 saturated carbocycles. The molecule has 2 aromatic carbocycles. The van der Waals surface area contributed by atoms with Crippen LogP contribution in [0.15, 0.2) is 59.5 Å². The van der Waals surface area contributed by atoms with Crippen LogP contribution in [0.25, 0.3) is 11.1 Å². The highest BCUT2D eigenvalue weighted by Crippen LogP contribution is 2.30. The number of ether oxygens (including phenoxy) is 1. The molecule has 0 bridgehead atoms. The van der Waals surface area contributed by atoms with Crippen LogP contribution in [0.3, 0.4) is 0 Å².